The van der Waals surface area contributed by atoms with Crippen LogP contribution in [0.3, 0.4) is 0 Å². The number of ether oxygens (including phenoxy) is 2. The van der Waals surface area contributed by atoms with Crippen LogP contribution in [0.25, 0.3) is 0 Å². The van der Waals surface area contributed by atoms with Crippen molar-refractivity contribution in [3.8, 4) is 0 Å². The van der Waals surface area contributed by atoms with Crippen LogP contribution in [-0.4, -0.2) is 38.0 Å². The van der Waals surface area contributed by atoms with E-state index in [1.165, 1.54) is 19.3 Å². The van der Waals surface area contributed by atoms with Gasteiger partial charge in [-0.3, -0.25) is 0 Å². The summed E-state index contributed by atoms with van der Waals surface area (Å²) in [7, 11) is 0. The summed E-state index contributed by atoms with van der Waals surface area (Å²) in [5.74, 6) is 0. The molecule has 1 aliphatic heterocycles. The number of hydrogen-bond donors (Lipinski definition) is 1. The lowest BCUT2D eigenvalue weighted by Crippen LogP contribution is -2.36. The molecule has 0 aromatic rings. The minimum atomic E-state index is 0.335. The van der Waals surface area contributed by atoms with Crippen LogP contribution in [0.2, 0.25) is 0 Å². The molecule has 1 saturated heterocycles. The van der Waals surface area contributed by atoms with Crippen molar-refractivity contribution in [1.29, 1.82) is 0 Å². The molecule has 102 valence electrons. The zero-order chi connectivity index (χ0) is 12.5. The Hall–Kier alpha value is -0.120. The molecule has 3 nitrogen and oxygen atoms in total. The van der Waals surface area contributed by atoms with Crippen LogP contribution in [0.15, 0.2) is 0 Å². The highest BCUT2D eigenvalue weighted by Crippen LogP contribution is 2.14. The lowest BCUT2D eigenvalue weighted by atomic mass is 10.1. The summed E-state index contributed by atoms with van der Waals surface area (Å²) in [4.78, 5) is 0. The zero-order valence-electron chi connectivity index (χ0n) is 11.7. The molecular formula is C14H29NO2. The largest absolute Gasteiger partial charge is 0.376 e. The quantitative estimate of drug-likeness (QED) is 0.711. The highest BCUT2D eigenvalue weighted by molar-refractivity contribution is 4.67. The molecule has 1 rings (SSSR count). The van der Waals surface area contributed by atoms with Gasteiger partial charge >= 0.3 is 0 Å². The van der Waals surface area contributed by atoms with Crippen molar-refractivity contribution in [3.05, 3.63) is 0 Å². The third-order valence-corrected chi connectivity index (χ3v) is 3.16. The summed E-state index contributed by atoms with van der Waals surface area (Å²) in [6.45, 7) is 9.20. The van der Waals surface area contributed by atoms with E-state index in [1.54, 1.807) is 0 Å². The topological polar surface area (TPSA) is 30.5 Å². The van der Waals surface area contributed by atoms with Crippen LogP contribution < -0.4 is 5.32 Å². The Bertz CT molecular complexity index is 179. The Morgan fingerprint density at radius 1 is 1.35 bits per heavy atom. The highest BCUT2D eigenvalue weighted by atomic mass is 16.5. The van der Waals surface area contributed by atoms with E-state index in [2.05, 4.69) is 26.1 Å². The second kappa shape index (κ2) is 8.90. The van der Waals surface area contributed by atoms with Crippen molar-refractivity contribution in [2.45, 2.75) is 71.1 Å². The monoisotopic (exact) mass is 243 g/mol. The van der Waals surface area contributed by atoms with Gasteiger partial charge in [0.2, 0.25) is 0 Å². The van der Waals surface area contributed by atoms with Gasteiger partial charge in [-0.2, -0.15) is 0 Å². The SMILES string of the molecule is CCCC(CNC(C)C)OCC1CCCCO1. The Labute approximate surface area is 106 Å². The third-order valence-electron chi connectivity index (χ3n) is 3.16. The average Bonchev–Trinajstić information content (AvgIpc) is 2.34. The smallest absolute Gasteiger partial charge is 0.0808 e. The molecule has 0 radical (unpaired) electrons. The molecule has 1 heterocycles. The second-order valence-corrected chi connectivity index (χ2v) is 5.30. The van der Waals surface area contributed by atoms with Gasteiger partial charge in [0, 0.05) is 19.2 Å². The van der Waals surface area contributed by atoms with Crippen molar-refractivity contribution < 1.29 is 9.47 Å². The van der Waals surface area contributed by atoms with Crippen LogP contribution in [0, 0.1) is 0 Å². The first-order valence-corrected chi connectivity index (χ1v) is 7.19. The second-order valence-electron chi connectivity index (χ2n) is 5.30. The van der Waals surface area contributed by atoms with Gasteiger partial charge in [0.1, 0.15) is 0 Å². The van der Waals surface area contributed by atoms with E-state index in [0.29, 0.717) is 18.2 Å². The molecule has 3 heteroatoms. The van der Waals surface area contributed by atoms with Crippen LogP contribution >= 0.6 is 0 Å². The van der Waals surface area contributed by atoms with E-state index in [0.717, 1.165) is 32.6 Å². The van der Waals surface area contributed by atoms with Crippen molar-refractivity contribution in [2.24, 2.45) is 0 Å². The molecular weight excluding hydrogens is 214 g/mol. The molecule has 2 atom stereocenters. The van der Waals surface area contributed by atoms with Crippen molar-refractivity contribution >= 4 is 0 Å². The maximum atomic E-state index is 5.98. The fourth-order valence-electron chi connectivity index (χ4n) is 2.12. The third kappa shape index (κ3) is 7.02. The van der Waals surface area contributed by atoms with Crippen LogP contribution in [0.5, 0.6) is 0 Å². The van der Waals surface area contributed by atoms with E-state index < -0.39 is 0 Å². The van der Waals surface area contributed by atoms with Gasteiger partial charge in [-0.05, 0) is 25.7 Å². The first-order chi connectivity index (χ1) is 8.22. The number of rotatable bonds is 8. The molecule has 17 heavy (non-hydrogen) atoms. The van der Waals surface area contributed by atoms with Gasteiger partial charge < -0.3 is 14.8 Å². The molecule has 0 aromatic carbocycles. The van der Waals surface area contributed by atoms with E-state index >= 15 is 0 Å². The maximum absolute atomic E-state index is 5.98. The fourth-order valence-corrected chi connectivity index (χ4v) is 2.12. The maximum Gasteiger partial charge on any atom is 0.0808 e. The van der Waals surface area contributed by atoms with E-state index in [4.69, 9.17) is 9.47 Å². The summed E-state index contributed by atoms with van der Waals surface area (Å²) in [6.07, 6.45) is 6.65. The van der Waals surface area contributed by atoms with Gasteiger partial charge in [0.15, 0.2) is 0 Å². The Kier molecular flexibility index (Phi) is 7.82. The van der Waals surface area contributed by atoms with Gasteiger partial charge in [0.05, 0.1) is 18.8 Å². The Morgan fingerprint density at radius 3 is 2.76 bits per heavy atom. The normalized spacial score (nSPS) is 22.9. The van der Waals surface area contributed by atoms with Crippen LogP contribution in [0.1, 0.15) is 52.9 Å². The lowest BCUT2D eigenvalue weighted by molar-refractivity contribution is -0.0642. The summed E-state index contributed by atoms with van der Waals surface area (Å²) in [5, 5.41) is 3.45. The lowest BCUT2D eigenvalue weighted by Gasteiger charge is -2.26. The fraction of sp³-hybridized carbons (Fsp3) is 1.00. The van der Waals surface area contributed by atoms with E-state index in [1.807, 2.05) is 0 Å². The predicted molar refractivity (Wildman–Crippen MR) is 71.4 cm³/mol. The van der Waals surface area contributed by atoms with Crippen molar-refractivity contribution in [2.75, 3.05) is 19.8 Å². The standard InChI is InChI=1S/C14H29NO2/c1-4-7-13(10-15-12(2)3)17-11-14-8-5-6-9-16-14/h12-15H,4-11H2,1-3H3. The minimum Gasteiger partial charge on any atom is -0.376 e. The molecule has 0 spiro atoms. The molecule has 0 aliphatic carbocycles. The molecule has 0 aromatic heterocycles. The van der Waals surface area contributed by atoms with Crippen molar-refractivity contribution in [1.82, 2.24) is 5.32 Å². The summed E-state index contributed by atoms with van der Waals surface area (Å²) >= 11 is 0. The molecule has 1 aliphatic rings. The highest BCUT2D eigenvalue weighted by Gasteiger charge is 2.16. The predicted octanol–water partition coefficient (Wildman–Crippen LogP) is 2.74. The van der Waals surface area contributed by atoms with Crippen LogP contribution in [0.4, 0.5) is 0 Å². The summed E-state index contributed by atoms with van der Waals surface area (Å²) in [6, 6.07) is 0.531. The zero-order valence-corrected chi connectivity index (χ0v) is 11.7. The molecule has 0 bridgehead atoms. The van der Waals surface area contributed by atoms with Gasteiger partial charge in [0.25, 0.3) is 0 Å². The molecule has 0 amide bonds. The first kappa shape index (κ1) is 14.9. The average molecular weight is 243 g/mol. The molecule has 0 saturated carbocycles. The van der Waals surface area contributed by atoms with Gasteiger partial charge in [-0.1, -0.05) is 27.2 Å². The Balaban J connectivity index is 2.17. The first-order valence-electron chi connectivity index (χ1n) is 7.19. The van der Waals surface area contributed by atoms with E-state index in [9.17, 15) is 0 Å². The van der Waals surface area contributed by atoms with Gasteiger partial charge in [-0.15, -0.1) is 0 Å². The Morgan fingerprint density at radius 2 is 2.18 bits per heavy atom. The van der Waals surface area contributed by atoms with Crippen molar-refractivity contribution in [3.63, 3.8) is 0 Å². The van der Waals surface area contributed by atoms with E-state index in [-0.39, 0.29) is 0 Å². The number of hydrogen-bond acceptors (Lipinski definition) is 3. The molecule has 1 fully saturated rings. The number of nitrogens with one attached hydrogen (secondary N) is 1. The summed E-state index contributed by atoms with van der Waals surface area (Å²) in [5.41, 5.74) is 0. The molecule has 1 N–H and O–H groups in total. The minimum absolute atomic E-state index is 0.335. The van der Waals surface area contributed by atoms with Crippen LogP contribution in [-0.2, 0) is 9.47 Å². The van der Waals surface area contributed by atoms with Gasteiger partial charge in [-0.25, -0.2) is 0 Å². The molecule has 2 unspecified atom stereocenters. The summed E-state index contributed by atoms with van der Waals surface area (Å²) < 4.78 is 11.7.